The molecule has 1 fully saturated rings. The summed E-state index contributed by atoms with van der Waals surface area (Å²) in [5, 5.41) is 10.9. The van der Waals surface area contributed by atoms with Gasteiger partial charge in [-0.3, -0.25) is 13.7 Å². The van der Waals surface area contributed by atoms with Crippen LogP contribution in [0.25, 0.3) is 11.2 Å². The maximum atomic E-state index is 12.4. The summed E-state index contributed by atoms with van der Waals surface area (Å²) in [7, 11) is -4.36. The minimum atomic E-state index is -3.07. The van der Waals surface area contributed by atoms with Gasteiger partial charge >= 0.3 is 21.3 Å². The van der Waals surface area contributed by atoms with Crippen molar-refractivity contribution < 1.29 is 42.3 Å². The summed E-state index contributed by atoms with van der Waals surface area (Å²) < 4.78 is 47.4. The first-order valence-electron chi connectivity index (χ1n) is 12.8. The molecule has 0 bridgehead atoms. The number of fused-ring (bicyclic) bond motifs is 1. The van der Waals surface area contributed by atoms with Crippen LogP contribution in [-0.4, -0.2) is 76.3 Å². The Hall–Kier alpha value is -3.07. The standard InChI is InChI=1S/C24H33BN5O9P/c1-5-34-17(31)13-37-40(33)36-12-16-19(39-25(32)15-10-8-7-9-11-15)24(3,4)22(38-16)30-14-27-18-20(30)28-23(26)29-21(18)35-6-2/h7-11,14,16,19,22,32,40H,5-6,12-13H2,1-4H3,(H2,26,28,29)/t16-,19-,22-/m1/s1. The van der Waals surface area contributed by atoms with E-state index in [0.717, 1.165) is 0 Å². The molecule has 3 N–H and O–H groups in total. The molecule has 1 aromatic carbocycles. The van der Waals surface area contributed by atoms with Crippen molar-refractivity contribution in [2.75, 3.05) is 32.2 Å². The molecule has 0 saturated carbocycles. The highest BCUT2D eigenvalue weighted by atomic mass is 31.1. The molecule has 4 atom stereocenters. The first-order chi connectivity index (χ1) is 19.1. The van der Waals surface area contributed by atoms with Crippen molar-refractivity contribution >= 4 is 43.9 Å². The molecule has 3 heterocycles. The van der Waals surface area contributed by atoms with E-state index in [1.807, 2.05) is 26.8 Å². The Morgan fingerprint density at radius 1 is 1.20 bits per heavy atom. The molecule has 16 heteroatoms. The molecule has 216 valence electrons. The van der Waals surface area contributed by atoms with Crippen LogP contribution >= 0.6 is 8.25 Å². The van der Waals surface area contributed by atoms with Gasteiger partial charge in [-0.15, -0.1) is 0 Å². The quantitative estimate of drug-likeness (QED) is 0.170. The zero-order chi connectivity index (χ0) is 28.9. The molecule has 4 rings (SSSR count). The number of nitrogens with two attached hydrogens (primary N) is 1. The summed E-state index contributed by atoms with van der Waals surface area (Å²) in [5.74, 6) is -0.420. The number of rotatable bonds is 13. The number of carbonyl (C=O) groups excluding carboxylic acids is 1. The summed E-state index contributed by atoms with van der Waals surface area (Å²) in [4.78, 5) is 24.4. The first kappa shape index (κ1) is 29.9. The second-order valence-corrected chi connectivity index (χ2v) is 10.5. The van der Waals surface area contributed by atoms with Crippen LogP contribution in [0, 0.1) is 5.41 Å². The van der Waals surface area contributed by atoms with E-state index in [4.69, 9.17) is 33.6 Å². The van der Waals surface area contributed by atoms with Gasteiger partial charge in [-0.25, -0.2) is 9.78 Å². The van der Waals surface area contributed by atoms with Gasteiger partial charge in [0.05, 0.1) is 32.3 Å². The smallest absolute Gasteiger partial charge is 0.476 e. The van der Waals surface area contributed by atoms with Gasteiger partial charge in [0, 0.05) is 5.41 Å². The molecule has 1 unspecified atom stereocenters. The van der Waals surface area contributed by atoms with Crippen LogP contribution in [0.2, 0.25) is 0 Å². The normalized spacial score (nSPS) is 20.9. The van der Waals surface area contributed by atoms with Gasteiger partial charge in [-0.2, -0.15) is 9.97 Å². The zero-order valence-corrected chi connectivity index (χ0v) is 23.7. The Balaban J connectivity index is 1.60. The van der Waals surface area contributed by atoms with Crippen LogP contribution in [0.3, 0.4) is 0 Å². The van der Waals surface area contributed by atoms with Crippen LogP contribution in [0.5, 0.6) is 5.88 Å². The van der Waals surface area contributed by atoms with Crippen LogP contribution < -0.4 is 15.9 Å². The molecule has 0 aliphatic carbocycles. The molecule has 1 aliphatic rings. The molecule has 3 aromatic rings. The van der Waals surface area contributed by atoms with E-state index < -0.39 is 51.8 Å². The summed E-state index contributed by atoms with van der Waals surface area (Å²) in [6.45, 7) is 7.04. The molecule has 40 heavy (non-hydrogen) atoms. The number of nitrogens with zero attached hydrogens (tertiary/aromatic N) is 4. The van der Waals surface area contributed by atoms with Gasteiger partial charge < -0.3 is 34.1 Å². The Labute approximate surface area is 232 Å². The number of imidazole rings is 1. The van der Waals surface area contributed by atoms with Gasteiger partial charge in [-0.1, -0.05) is 44.2 Å². The molecular weight excluding hydrogens is 544 g/mol. The molecule has 2 aromatic heterocycles. The highest BCUT2D eigenvalue weighted by molar-refractivity contribution is 7.33. The van der Waals surface area contributed by atoms with Gasteiger partial charge in [0.2, 0.25) is 11.8 Å². The Kier molecular flexibility index (Phi) is 9.77. The molecule has 1 saturated heterocycles. The number of carbonyl (C=O) groups is 1. The number of aromatic nitrogens is 4. The molecule has 0 radical (unpaired) electrons. The third kappa shape index (κ3) is 6.62. The number of hydrogen-bond donors (Lipinski definition) is 2. The van der Waals surface area contributed by atoms with Crippen molar-refractivity contribution in [1.82, 2.24) is 19.5 Å². The van der Waals surface area contributed by atoms with Crippen LogP contribution in [0.15, 0.2) is 36.7 Å². The first-order valence-corrected chi connectivity index (χ1v) is 14.0. The Morgan fingerprint density at radius 3 is 2.65 bits per heavy atom. The van der Waals surface area contributed by atoms with Crippen molar-refractivity contribution in [3.8, 4) is 5.88 Å². The summed E-state index contributed by atoms with van der Waals surface area (Å²) in [6, 6.07) is 8.86. The van der Waals surface area contributed by atoms with E-state index in [2.05, 4.69) is 15.0 Å². The van der Waals surface area contributed by atoms with Gasteiger partial charge in [-0.05, 0) is 19.3 Å². The van der Waals surface area contributed by atoms with E-state index in [0.29, 0.717) is 23.2 Å². The topological polar surface area (TPSA) is 179 Å². The lowest BCUT2D eigenvalue weighted by Crippen LogP contribution is -2.46. The van der Waals surface area contributed by atoms with E-state index in [9.17, 15) is 14.4 Å². The van der Waals surface area contributed by atoms with Crippen molar-refractivity contribution in [3.05, 3.63) is 36.7 Å². The third-order valence-corrected chi connectivity index (χ3v) is 7.07. The minimum absolute atomic E-state index is 0.00182. The Morgan fingerprint density at radius 2 is 1.95 bits per heavy atom. The Bertz CT molecular complexity index is 1330. The minimum Gasteiger partial charge on any atom is -0.476 e. The monoisotopic (exact) mass is 577 g/mol. The number of benzene rings is 1. The lowest BCUT2D eigenvalue weighted by molar-refractivity contribution is -0.145. The average molecular weight is 577 g/mol. The van der Waals surface area contributed by atoms with E-state index in [1.54, 1.807) is 35.8 Å². The van der Waals surface area contributed by atoms with Crippen molar-refractivity contribution in [2.45, 2.75) is 46.1 Å². The summed E-state index contributed by atoms with van der Waals surface area (Å²) in [5.41, 5.74) is 6.45. The number of ether oxygens (including phenoxy) is 3. The fourth-order valence-electron chi connectivity index (χ4n) is 4.51. The van der Waals surface area contributed by atoms with Crippen molar-refractivity contribution in [2.24, 2.45) is 5.41 Å². The van der Waals surface area contributed by atoms with Gasteiger partial charge in [0.25, 0.3) is 0 Å². The predicted octanol–water partition coefficient (Wildman–Crippen LogP) is 1.49. The van der Waals surface area contributed by atoms with E-state index >= 15 is 0 Å². The second-order valence-electron chi connectivity index (χ2n) is 9.47. The van der Waals surface area contributed by atoms with Gasteiger partial charge in [0.1, 0.15) is 12.3 Å². The molecule has 0 amide bonds. The molecule has 14 nitrogen and oxygen atoms in total. The molecule has 0 spiro atoms. The second kappa shape index (κ2) is 13.1. The van der Waals surface area contributed by atoms with Crippen molar-refractivity contribution in [3.63, 3.8) is 0 Å². The SMILES string of the molecule is CCOC(=O)CO[PH](=O)OC[C@H]1O[C@@H](n2cnc3c(OCC)nc(N)nc32)C(C)(C)[C@@H]1OB(O)c1ccccc1. The summed E-state index contributed by atoms with van der Waals surface area (Å²) >= 11 is 0. The maximum Gasteiger partial charge on any atom is 0.491 e. The number of anilines is 1. The highest BCUT2D eigenvalue weighted by Crippen LogP contribution is 2.48. The van der Waals surface area contributed by atoms with Crippen molar-refractivity contribution in [1.29, 1.82) is 0 Å². The van der Waals surface area contributed by atoms with E-state index in [-0.39, 0.29) is 25.0 Å². The number of esters is 1. The number of hydrogen-bond acceptors (Lipinski definition) is 13. The van der Waals surface area contributed by atoms with Crippen LogP contribution in [-0.2, 0) is 32.5 Å². The predicted molar refractivity (Wildman–Crippen MR) is 145 cm³/mol. The lowest BCUT2D eigenvalue weighted by atomic mass is 9.76. The fraction of sp³-hybridized carbons (Fsp3) is 0.500. The zero-order valence-electron chi connectivity index (χ0n) is 22.7. The summed E-state index contributed by atoms with van der Waals surface area (Å²) in [6.07, 6.45) is -0.782. The van der Waals surface area contributed by atoms with E-state index in [1.165, 1.54) is 6.33 Å². The molecule has 1 aliphatic heterocycles. The van der Waals surface area contributed by atoms with Gasteiger partial charge in [0.15, 0.2) is 17.8 Å². The maximum absolute atomic E-state index is 12.4. The van der Waals surface area contributed by atoms with Crippen LogP contribution in [0.4, 0.5) is 5.95 Å². The highest BCUT2D eigenvalue weighted by Gasteiger charge is 2.54. The fourth-order valence-corrected chi connectivity index (χ4v) is 5.13. The van der Waals surface area contributed by atoms with Crippen LogP contribution in [0.1, 0.15) is 33.9 Å². The third-order valence-electron chi connectivity index (χ3n) is 6.29. The molecular formula is C24H33BN5O9P. The average Bonchev–Trinajstić information content (AvgIpc) is 3.44. The number of nitrogen functional groups attached to an aromatic ring is 1. The lowest BCUT2D eigenvalue weighted by Gasteiger charge is -2.33. The largest absolute Gasteiger partial charge is 0.491 e.